The van der Waals surface area contributed by atoms with Crippen molar-refractivity contribution in [2.75, 3.05) is 33.2 Å². The van der Waals surface area contributed by atoms with Crippen molar-refractivity contribution < 1.29 is 4.79 Å². The van der Waals surface area contributed by atoms with Gasteiger partial charge in [0.1, 0.15) is 0 Å². The lowest BCUT2D eigenvalue weighted by atomic mass is 10.1. The summed E-state index contributed by atoms with van der Waals surface area (Å²) < 4.78 is 1.67. The molecule has 0 unspecified atom stereocenters. The molecular formula is C22H24N4O2. The minimum absolute atomic E-state index is 0.0436. The molecule has 3 heterocycles. The van der Waals surface area contributed by atoms with Gasteiger partial charge in [0.05, 0.1) is 28.7 Å². The summed E-state index contributed by atoms with van der Waals surface area (Å²) in [5.41, 5.74) is 2.74. The maximum absolute atomic E-state index is 13.0. The number of aryl methyl sites for hydroxylation is 1. The zero-order valence-electron chi connectivity index (χ0n) is 16.3. The summed E-state index contributed by atoms with van der Waals surface area (Å²) in [6, 6.07) is 13.4. The van der Waals surface area contributed by atoms with Crippen molar-refractivity contribution in [3.8, 4) is 0 Å². The van der Waals surface area contributed by atoms with Crippen molar-refractivity contribution >= 4 is 16.8 Å². The van der Waals surface area contributed by atoms with Crippen LogP contribution in [0.5, 0.6) is 0 Å². The quantitative estimate of drug-likeness (QED) is 0.703. The SMILES string of the molecule is Cc1nc2ccn(Cc3ccccc3)c(=O)c2cc1C(=O)N1CCN(C)CC1. The second-order valence-electron chi connectivity index (χ2n) is 7.38. The standard InChI is InChI=1S/C22H24N4O2/c1-16-18(21(27)25-12-10-24(2)11-13-25)14-19-20(23-16)8-9-26(22(19)28)15-17-6-4-3-5-7-17/h3-9,14H,10-13,15H2,1-2H3. The van der Waals surface area contributed by atoms with Gasteiger partial charge in [-0.05, 0) is 31.7 Å². The van der Waals surface area contributed by atoms with Crippen LogP contribution in [0, 0.1) is 6.92 Å². The van der Waals surface area contributed by atoms with Crippen molar-refractivity contribution in [1.82, 2.24) is 19.4 Å². The van der Waals surface area contributed by atoms with Gasteiger partial charge in [-0.3, -0.25) is 14.6 Å². The van der Waals surface area contributed by atoms with Gasteiger partial charge in [0.15, 0.2) is 0 Å². The van der Waals surface area contributed by atoms with Gasteiger partial charge in [-0.25, -0.2) is 0 Å². The predicted molar refractivity (Wildman–Crippen MR) is 110 cm³/mol. The Balaban J connectivity index is 1.70. The first-order chi connectivity index (χ1) is 13.5. The summed E-state index contributed by atoms with van der Waals surface area (Å²) in [6.45, 7) is 5.43. The van der Waals surface area contributed by atoms with Crippen LogP contribution >= 0.6 is 0 Å². The number of amides is 1. The molecule has 1 fully saturated rings. The molecule has 0 spiro atoms. The van der Waals surface area contributed by atoms with E-state index in [0.717, 1.165) is 18.7 Å². The zero-order chi connectivity index (χ0) is 19.7. The highest BCUT2D eigenvalue weighted by atomic mass is 16.2. The van der Waals surface area contributed by atoms with E-state index in [1.54, 1.807) is 16.8 Å². The van der Waals surface area contributed by atoms with Crippen LogP contribution < -0.4 is 5.56 Å². The number of nitrogens with zero attached hydrogens (tertiary/aromatic N) is 4. The summed E-state index contributed by atoms with van der Waals surface area (Å²) in [4.78, 5) is 34.6. The number of carbonyl (C=O) groups excluding carboxylic acids is 1. The monoisotopic (exact) mass is 376 g/mol. The van der Waals surface area contributed by atoms with Gasteiger partial charge in [0.2, 0.25) is 0 Å². The maximum Gasteiger partial charge on any atom is 0.260 e. The fraction of sp³-hybridized carbons (Fsp3) is 0.318. The molecule has 1 aliphatic heterocycles. The van der Waals surface area contributed by atoms with Crippen LogP contribution in [-0.4, -0.2) is 58.5 Å². The molecule has 3 aromatic rings. The lowest BCUT2D eigenvalue weighted by Crippen LogP contribution is -2.47. The molecule has 0 saturated carbocycles. The minimum atomic E-state index is -0.124. The molecular weight excluding hydrogens is 352 g/mol. The van der Waals surface area contributed by atoms with Crippen LogP contribution in [-0.2, 0) is 6.54 Å². The first kappa shape index (κ1) is 18.4. The molecule has 144 valence electrons. The maximum atomic E-state index is 13.0. The molecule has 28 heavy (non-hydrogen) atoms. The second-order valence-corrected chi connectivity index (χ2v) is 7.38. The lowest BCUT2D eigenvalue weighted by molar-refractivity contribution is 0.0663. The Hall–Kier alpha value is -2.99. The molecule has 6 nitrogen and oxygen atoms in total. The molecule has 0 atom stereocenters. The summed E-state index contributed by atoms with van der Waals surface area (Å²) in [6.07, 6.45) is 1.77. The number of rotatable bonds is 3. The fourth-order valence-corrected chi connectivity index (χ4v) is 3.61. The van der Waals surface area contributed by atoms with Crippen LogP contribution in [0.15, 0.2) is 53.5 Å². The van der Waals surface area contributed by atoms with E-state index >= 15 is 0 Å². The number of hydrogen-bond acceptors (Lipinski definition) is 4. The molecule has 1 aliphatic rings. The molecule has 2 aromatic heterocycles. The van der Waals surface area contributed by atoms with Crippen molar-refractivity contribution in [3.05, 3.63) is 75.8 Å². The first-order valence-electron chi connectivity index (χ1n) is 9.55. The van der Waals surface area contributed by atoms with Gasteiger partial charge in [0, 0.05) is 32.4 Å². The number of fused-ring (bicyclic) bond motifs is 1. The first-order valence-corrected chi connectivity index (χ1v) is 9.55. The fourth-order valence-electron chi connectivity index (χ4n) is 3.61. The molecule has 4 rings (SSSR count). The van der Waals surface area contributed by atoms with E-state index in [1.807, 2.05) is 48.2 Å². The highest BCUT2D eigenvalue weighted by Crippen LogP contribution is 2.17. The number of benzene rings is 1. The number of likely N-dealkylation sites (N-methyl/N-ethyl adjacent to an activating group) is 1. The summed E-state index contributed by atoms with van der Waals surface area (Å²) in [7, 11) is 2.06. The predicted octanol–water partition coefficient (Wildman–Crippen LogP) is 2.14. The largest absolute Gasteiger partial charge is 0.336 e. The number of hydrogen-bond donors (Lipinski definition) is 0. The Bertz CT molecular complexity index is 1070. The number of aromatic nitrogens is 2. The molecule has 0 aliphatic carbocycles. The highest BCUT2D eigenvalue weighted by molar-refractivity contribution is 5.98. The lowest BCUT2D eigenvalue weighted by Gasteiger charge is -2.32. The highest BCUT2D eigenvalue weighted by Gasteiger charge is 2.23. The zero-order valence-corrected chi connectivity index (χ0v) is 16.3. The minimum Gasteiger partial charge on any atom is -0.336 e. The Morgan fingerprint density at radius 1 is 1.07 bits per heavy atom. The third kappa shape index (κ3) is 3.55. The van der Waals surface area contributed by atoms with Gasteiger partial charge in [-0.2, -0.15) is 0 Å². The molecule has 6 heteroatoms. The second kappa shape index (κ2) is 7.56. The van der Waals surface area contributed by atoms with Gasteiger partial charge < -0.3 is 14.4 Å². The molecule has 1 aromatic carbocycles. The van der Waals surface area contributed by atoms with E-state index in [2.05, 4.69) is 16.9 Å². The van der Waals surface area contributed by atoms with Crippen molar-refractivity contribution in [2.24, 2.45) is 0 Å². The van der Waals surface area contributed by atoms with Crippen molar-refractivity contribution in [3.63, 3.8) is 0 Å². The van der Waals surface area contributed by atoms with E-state index in [1.165, 1.54) is 0 Å². The van der Waals surface area contributed by atoms with Gasteiger partial charge in [-0.1, -0.05) is 30.3 Å². The van der Waals surface area contributed by atoms with Crippen LogP contribution in [0.25, 0.3) is 10.9 Å². The Morgan fingerprint density at radius 2 is 1.79 bits per heavy atom. The van der Waals surface area contributed by atoms with Crippen LogP contribution in [0.3, 0.4) is 0 Å². The normalized spacial score (nSPS) is 15.1. The summed E-state index contributed by atoms with van der Waals surface area (Å²) in [5.74, 6) is -0.0436. The number of pyridine rings is 2. The van der Waals surface area contributed by atoms with Crippen LogP contribution in [0.2, 0.25) is 0 Å². The van der Waals surface area contributed by atoms with Crippen LogP contribution in [0.1, 0.15) is 21.6 Å². The molecule has 0 bridgehead atoms. The third-order valence-electron chi connectivity index (χ3n) is 5.36. The van der Waals surface area contributed by atoms with Crippen LogP contribution in [0.4, 0.5) is 0 Å². The van der Waals surface area contributed by atoms with E-state index in [-0.39, 0.29) is 11.5 Å². The molecule has 0 radical (unpaired) electrons. The summed E-state index contributed by atoms with van der Waals surface area (Å²) in [5, 5.41) is 0.488. The van der Waals surface area contributed by atoms with E-state index < -0.39 is 0 Å². The Kier molecular flexibility index (Phi) is 4.96. The van der Waals surface area contributed by atoms with Gasteiger partial charge >= 0.3 is 0 Å². The van der Waals surface area contributed by atoms with Gasteiger partial charge in [0.25, 0.3) is 11.5 Å². The Morgan fingerprint density at radius 3 is 2.50 bits per heavy atom. The molecule has 1 amide bonds. The van der Waals surface area contributed by atoms with Crippen molar-refractivity contribution in [2.45, 2.75) is 13.5 Å². The number of piperazine rings is 1. The Labute approximate surface area is 164 Å². The molecule has 1 saturated heterocycles. The number of carbonyl (C=O) groups is 1. The average molecular weight is 376 g/mol. The van der Waals surface area contributed by atoms with E-state index in [4.69, 9.17) is 0 Å². The molecule has 0 N–H and O–H groups in total. The smallest absolute Gasteiger partial charge is 0.260 e. The van der Waals surface area contributed by atoms with E-state index in [0.29, 0.717) is 41.8 Å². The van der Waals surface area contributed by atoms with Gasteiger partial charge in [-0.15, -0.1) is 0 Å². The topological polar surface area (TPSA) is 58.4 Å². The summed E-state index contributed by atoms with van der Waals surface area (Å²) >= 11 is 0. The average Bonchev–Trinajstić information content (AvgIpc) is 2.71. The third-order valence-corrected chi connectivity index (χ3v) is 5.36. The van der Waals surface area contributed by atoms with E-state index in [9.17, 15) is 9.59 Å². The van der Waals surface area contributed by atoms with Crippen molar-refractivity contribution in [1.29, 1.82) is 0 Å².